The van der Waals surface area contributed by atoms with Gasteiger partial charge in [-0.3, -0.25) is 4.79 Å². The van der Waals surface area contributed by atoms with Crippen molar-refractivity contribution in [3.8, 4) is 0 Å². The quantitative estimate of drug-likeness (QED) is 0.679. The predicted molar refractivity (Wildman–Crippen MR) is 110 cm³/mol. The fourth-order valence-corrected chi connectivity index (χ4v) is 4.12. The molecule has 5 nitrogen and oxygen atoms in total. The number of nitrogens with one attached hydrogen (secondary N) is 2. The van der Waals surface area contributed by atoms with Crippen molar-refractivity contribution < 1.29 is 13.2 Å². The first-order valence-electron chi connectivity index (χ1n) is 8.73. The second kappa shape index (κ2) is 7.80. The van der Waals surface area contributed by atoms with Crippen molar-refractivity contribution >= 4 is 37.9 Å². The normalized spacial score (nSPS) is 11.3. The van der Waals surface area contributed by atoms with Gasteiger partial charge in [-0.1, -0.05) is 43.3 Å². The summed E-state index contributed by atoms with van der Waals surface area (Å²) < 4.78 is 23.9. The first-order valence-corrected chi connectivity index (χ1v) is 10.6. The summed E-state index contributed by atoms with van der Waals surface area (Å²) in [4.78, 5) is 12.6. The Labute approximate surface area is 159 Å². The number of benzene rings is 3. The molecule has 0 aliphatic heterocycles. The van der Waals surface area contributed by atoms with Gasteiger partial charge in [-0.15, -0.1) is 0 Å². The maximum Gasteiger partial charge on any atom is 0.243 e. The average molecular weight is 382 g/mol. The minimum absolute atomic E-state index is 0.0487. The van der Waals surface area contributed by atoms with Crippen LogP contribution in [0.25, 0.3) is 10.8 Å². The number of rotatable bonds is 6. The lowest BCUT2D eigenvalue weighted by molar-refractivity contribution is -0.114. The third kappa shape index (κ3) is 4.46. The Hall–Kier alpha value is -2.86. The summed E-state index contributed by atoms with van der Waals surface area (Å²) in [6.07, 6.45) is 1.75. The van der Waals surface area contributed by atoms with Crippen LogP contribution >= 0.6 is 0 Å². The number of fused-ring (bicyclic) bond motifs is 1. The molecule has 1 amide bonds. The Morgan fingerprint density at radius 3 is 2.41 bits per heavy atom. The number of anilines is 2. The molecule has 0 saturated carbocycles. The minimum atomic E-state index is -3.32. The molecule has 27 heavy (non-hydrogen) atoms. The van der Waals surface area contributed by atoms with Gasteiger partial charge in [0.05, 0.1) is 11.4 Å². The van der Waals surface area contributed by atoms with Crippen LogP contribution in [0.15, 0.2) is 65.6 Å². The summed E-state index contributed by atoms with van der Waals surface area (Å²) in [7, 11) is -3.32. The van der Waals surface area contributed by atoms with E-state index in [1.54, 1.807) is 18.2 Å². The van der Waals surface area contributed by atoms with Crippen molar-refractivity contribution in [3.63, 3.8) is 0 Å². The lowest BCUT2D eigenvalue weighted by atomic mass is 10.1. The number of hydrogen-bond donors (Lipinski definition) is 2. The molecule has 0 aromatic heterocycles. The Morgan fingerprint density at radius 2 is 1.70 bits per heavy atom. The van der Waals surface area contributed by atoms with Gasteiger partial charge in [-0.05, 0) is 47.0 Å². The smallest absolute Gasteiger partial charge is 0.243 e. The topological polar surface area (TPSA) is 75.3 Å². The molecule has 0 atom stereocenters. The zero-order valence-electron chi connectivity index (χ0n) is 15.3. The van der Waals surface area contributed by atoms with Crippen LogP contribution in [0.2, 0.25) is 0 Å². The highest BCUT2D eigenvalue weighted by atomic mass is 32.2. The SMILES string of the molecule is CCc1c(NCC(=O)Nc2ccc3ccccc3c2)cccc1S(C)(=O)=O. The van der Waals surface area contributed by atoms with E-state index < -0.39 is 9.84 Å². The van der Waals surface area contributed by atoms with E-state index in [1.807, 2.05) is 49.4 Å². The molecule has 0 bridgehead atoms. The lowest BCUT2D eigenvalue weighted by Gasteiger charge is -2.14. The minimum Gasteiger partial charge on any atom is -0.376 e. The Kier molecular flexibility index (Phi) is 5.46. The summed E-state index contributed by atoms with van der Waals surface area (Å²) in [6.45, 7) is 1.94. The molecular weight excluding hydrogens is 360 g/mol. The van der Waals surface area contributed by atoms with E-state index in [-0.39, 0.29) is 12.5 Å². The highest BCUT2D eigenvalue weighted by Gasteiger charge is 2.15. The van der Waals surface area contributed by atoms with E-state index in [9.17, 15) is 13.2 Å². The fourth-order valence-electron chi connectivity index (χ4n) is 3.09. The molecule has 0 saturated heterocycles. The van der Waals surface area contributed by atoms with E-state index in [0.29, 0.717) is 22.6 Å². The van der Waals surface area contributed by atoms with Crippen LogP contribution in [0.3, 0.4) is 0 Å². The Bertz CT molecular complexity index is 1090. The second-order valence-corrected chi connectivity index (χ2v) is 8.36. The second-order valence-electron chi connectivity index (χ2n) is 6.37. The van der Waals surface area contributed by atoms with Crippen LogP contribution in [-0.2, 0) is 21.1 Å². The Balaban J connectivity index is 1.72. The van der Waals surface area contributed by atoms with E-state index in [2.05, 4.69) is 10.6 Å². The number of hydrogen-bond acceptors (Lipinski definition) is 4. The van der Waals surface area contributed by atoms with E-state index in [4.69, 9.17) is 0 Å². The molecule has 3 rings (SSSR count). The van der Waals surface area contributed by atoms with Gasteiger partial charge in [0.2, 0.25) is 5.91 Å². The van der Waals surface area contributed by atoms with Crippen molar-refractivity contribution in [2.24, 2.45) is 0 Å². The van der Waals surface area contributed by atoms with Gasteiger partial charge in [0.25, 0.3) is 0 Å². The molecule has 0 heterocycles. The number of amides is 1. The molecule has 0 fully saturated rings. The summed E-state index contributed by atoms with van der Waals surface area (Å²) >= 11 is 0. The van der Waals surface area contributed by atoms with Crippen LogP contribution in [0, 0.1) is 0 Å². The standard InChI is InChI=1S/C21H22N2O3S/c1-3-18-19(9-6-10-20(18)27(2,25)26)22-14-21(24)23-17-12-11-15-7-4-5-8-16(15)13-17/h4-13,22H,3,14H2,1-2H3,(H,23,24). The van der Waals surface area contributed by atoms with Crippen LogP contribution in [0.1, 0.15) is 12.5 Å². The van der Waals surface area contributed by atoms with Crippen LogP contribution in [0.5, 0.6) is 0 Å². The van der Waals surface area contributed by atoms with Crippen LogP contribution < -0.4 is 10.6 Å². The monoisotopic (exact) mass is 382 g/mol. The van der Waals surface area contributed by atoms with Gasteiger partial charge >= 0.3 is 0 Å². The molecular formula is C21H22N2O3S. The van der Waals surface area contributed by atoms with E-state index in [0.717, 1.165) is 16.5 Å². The molecule has 140 valence electrons. The largest absolute Gasteiger partial charge is 0.376 e. The third-order valence-corrected chi connectivity index (χ3v) is 5.54. The highest BCUT2D eigenvalue weighted by Crippen LogP contribution is 2.24. The zero-order chi connectivity index (χ0) is 19.4. The Morgan fingerprint density at radius 1 is 0.963 bits per heavy atom. The molecule has 3 aromatic rings. The average Bonchev–Trinajstić information content (AvgIpc) is 2.65. The number of carbonyl (C=O) groups excluding carboxylic acids is 1. The van der Waals surface area contributed by atoms with Crippen molar-refractivity contribution in [2.45, 2.75) is 18.2 Å². The van der Waals surface area contributed by atoms with Gasteiger partial charge in [0.15, 0.2) is 9.84 Å². The number of carbonyl (C=O) groups is 1. The van der Waals surface area contributed by atoms with Crippen molar-refractivity contribution in [1.82, 2.24) is 0 Å². The molecule has 0 spiro atoms. The molecule has 3 aromatic carbocycles. The lowest BCUT2D eigenvalue weighted by Crippen LogP contribution is -2.22. The summed E-state index contributed by atoms with van der Waals surface area (Å²) in [5.41, 5.74) is 2.08. The van der Waals surface area contributed by atoms with Crippen molar-refractivity contribution in [1.29, 1.82) is 0 Å². The van der Waals surface area contributed by atoms with Gasteiger partial charge < -0.3 is 10.6 Å². The van der Waals surface area contributed by atoms with Gasteiger partial charge in [-0.25, -0.2) is 8.42 Å². The van der Waals surface area contributed by atoms with Crippen LogP contribution in [0.4, 0.5) is 11.4 Å². The van der Waals surface area contributed by atoms with Gasteiger partial charge in [0, 0.05) is 17.6 Å². The molecule has 0 unspecified atom stereocenters. The molecule has 0 aliphatic carbocycles. The van der Waals surface area contributed by atoms with E-state index in [1.165, 1.54) is 6.26 Å². The van der Waals surface area contributed by atoms with Crippen molar-refractivity contribution in [2.75, 3.05) is 23.4 Å². The van der Waals surface area contributed by atoms with Gasteiger partial charge in [0.1, 0.15) is 0 Å². The van der Waals surface area contributed by atoms with Crippen LogP contribution in [-0.4, -0.2) is 27.1 Å². The van der Waals surface area contributed by atoms with Gasteiger partial charge in [-0.2, -0.15) is 0 Å². The molecule has 0 aliphatic rings. The maximum absolute atomic E-state index is 12.3. The highest BCUT2D eigenvalue weighted by molar-refractivity contribution is 7.90. The first-order chi connectivity index (χ1) is 12.9. The predicted octanol–water partition coefficient (Wildman–Crippen LogP) is 3.86. The molecule has 2 N–H and O–H groups in total. The summed E-state index contributed by atoms with van der Waals surface area (Å²) in [5, 5.41) is 8.09. The molecule has 0 radical (unpaired) electrons. The first kappa shape index (κ1) is 18.9. The third-order valence-electron chi connectivity index (χ3n) is 4.36. The zero-order valence-corrected chi connectivity index (χ0v) is 16.1. The summed E-state index contributed by atoms with van der Waals surface area (Å²) in [5.74, 6) is -0.197. The number of sulfone groups is 1. The fraction of sp³-hybridized carbons (Fsp3) is 0.190. The molecule has 6 heteroatoms. The summed E-state index contributed by atoms with van der Waals surface area (Å²) in [6, 6.07) is 18.7. The maximum atomic E-state index is 12.3. The van der Waals surface area contributed by atoms with E-state index >= 15 is 0 Å². The van der Waals surface area contributed by atoms with Crippen molar-refractivity contribution in [3.05, 3.63) is 66.2 Å².